The Labute approximate surface area is 148 Å². The summed E-state index contributed by atoms with van der Waals surface area (Å²) in [5, 5.41) is 3.47. The van der Waals surface area contributed by atoms with Crippen molar-refractivity contribution in [3.05, 3.63) is 28.8 Å². The second-order valence-electron chi connectivity index (χ2n) is 6.09. The summed E-state index contributed by atoms with van der Waals surface area (Å²) in [4.78, 5) is 25.6. The molecule has 132 valence electrons. The Hall–Kier alpha value is -1.75. The summed E-state index contributed by atoms with van der Waals surface area (Å²) in [6.07, 6.45) is 4.61. The number of hydrogen-bond donors (Lipinski definition) is 1. The second-order valence-corrected chi connectivity index (χ2v) is 6.53. The van der Waals surface area contributed by atoms with E-state index in [9.17, 15) is 9.59 Å². The van der Waals surface area contributed by atoms with Gasteiger partial charge in [-0.1, -0.05) is 18.0 Å². The third-order valence-electron chi connectivity index (χ3n) is 4.09. The first-order chi connectivity index (χ1) is 11.6. The van der Waals surface area contributed by atoms with Crippen LogP contribution in [0.15, 0.2) is 18.2 Å². The van der Waals surface area contributed by atoms with Gasteiger partial charge in [-0.2, -0.15) is 0 Å². The molecule has 5 nitrogen and oxygen atoms in total. The molecule has 1 saturated heterocycles. The van der Waals surface area contributed by atoms with Crippen LogP contribution in [0.5, 0.6) is 5.75 Å². The maximum absolute atomic E-state index is 11.9. The zero-order chi connectivity index (χ0) is 17.4. The lowest BCUT2D eigenvalue weighted by atomic mass is 10.2. The topological polar surface area (TPSA) is 58.6 Å². The molecule has 1 aliphatic heterocycles. The fourth-order valence-electron chi connectivity index (χ4n) is 2.74. The van der Waals surface area contributed by atoms with E-state index >= 15 is 0 Å². The number of nitrogens with one attached hydrogen (secondary N) is 1. The first-order valence-corrected chi connectivity index (χ1v) is 8.87. The molecule has 1 heterocycles. The molecule has 24 heavy (non-hydrogen) atoms. The van der Waals surface area contributed by atoms with Crippen molar-refractivity contribution in [3.63, 3.8) is 0 Å². The van der Waals surface area contributed by atoms with Crippen LogP contribution in [0.1, 0.15) is 37.7 Å². The first-order valence-electron chi connectivity index (χ1n) is 8.49. The summed E-state index contributed by atoms with van der Waals surface area (Å²) in [7, 11) is 0. The highest BCUT2D eigenvalue weighted by Crippen LogP contribution is 2.21. The highest BCUT2D eigenvalue weighted by molar-refractivity contribution is 6.30. The third-order valence-corrected chi connectivity index (χ3v) is 4.33. The van der Waals surface area contributed by atoms with E-state index in [1.807, 2.05) is 11.8 Å². The highest BCUT2D eigenvalue weighted by Gasteiger charge is 2.15. The predicted molar refractivity (Wildman–Crippen MR) is 94.4 cm³/mol. The molecule has 1 aromatic carbocycles. The van der Waals surface area contributed by atoms with Gasteiger partial charge in [-0.05, 0) is 49.9 Å². The Bertz CT molecular complexity index is 577. The SMILES string of the molecule is Cc1cc(Cl)ccc1OCC(=O)NCCCN1CCCCCC1=O. The van der Waals surface area contributed by atoms with Gasteiger partial charge in [0.1, 0.15) is 5.75 Å². The Balaban J connectivity index is 1.63. The minimum atomic E-state index is -0.161. The molecule has 0 unspecified atom stereocenters. The minimum Gasteiger partial charge on any atom is -0.484 e. The number of nitrogens with zero attached hydrogens (tertiary/aromatic N) is 1. The molecule has 6 heteroatoms. The molecule has 2 amide bonds. The van der Waals surface area contributed by atoms with Gasteiger partial charge < -0.3 is 15.0 Å². The van der Waals surface area contributed by atoms with Crippen LogP contribution in [0.25, 0.3) is 0 Å². The summed E-state index contributed by atoms with van der Waals surface area (Å²) in [5.41, 5.74) is 0.898. The van der Waals surface area contributed by atoms with Gasteiger partial charge in [-0.15, -0.1) is 0 Å². The number of aryl methyl sites for hydroxylation is 1. The average molecular weight is 353 g/mol. The van der Waals surface area contributed by atoms with E-state index in [2.05, 4.69) is 5.32 Å². The lowest BCUT2D eigenvalue weighted by Crippen LogP contribution is -2.35. The smallest absolute Gasteiger partial charge is 0.257 e. The van der Waals surface area contributed by atoms with Crippen molar-refractivity contribution < 1.29 is 14.3 Å². The fraction of sp³-hybridized carbons (Fsp3) is 0.556. The van der Waals surface area contributed by atoms with Gasteiger partial charge in [0.15, 0.2) is 6.61 Å². The number of ether oxygens (including phenoxy) is 1. The van der Waals surface area contributed by atoms with Crippen LogP contribution < -0.4 is 10.1 Å². The van der Waals surface area contributed by atoms with Crippen molar-refractivity contribution in [2.24, 2.45) is 0 Å². The van der Waals surface area contributed by atoms with Gasteiger partial charge in [0.25, 0.3) is 5.91 Å². The lowest BCUT2D eigenvalue weighted by molar-refractivity contribution is -0.130. The maximum Gasteiger partial charge on any atom is 0.257 e. The predicted octanol–water partition coefficient (Wildman–Crippen LogP) is 2.94. The molecule has 2 rings (SSSR count). The zero-order valence-electron chi connectivity index (χ0n) is 14.1. The van der Waals surface area contributed by atoms with Crippen molar-refractivity contribution in [2.45, 2.75) is 39.0 Å². The number of carbonyl (C=O) groups is 2. The van der Waals surface area contributed by atoms with Crippen LogP contribution in [0.2, 0.25) is 5.02 Å². The number of carbonyl (C=O) groups excluding carboxylic acids is 2. The van der Waals surface area contributed by atoms with E-state index < -0.39 is 0 Å². The zero-order valence-corrected chi connectivity index (χ0v) is 14.9. The summed E-state index contributed by atoms with van der Waals surface area (Å²) in [5.74, 6) is 0.733. The molecular weight excluding hydrogens is 328 g/mol. The molecule has 0 bridgehead atoms. The number of halogens is 1. The van der Waals surface area contributed by atoms with Crippen molar-refractivity contribution in [1.29, 1.82) is 0 Å². The third kappa shape index (κ3) is 6.04. The molecule has 1 fully saturated rings. The van der Waals surface area contributed by atoms with Crippen LogP contribution in [-0.2, 0) is 9.59 Å². The Morgan fingerprint density at radius 1 is 1.33 bits per heavy atom. The van der Waals surface area contributed by atoms with Gasteiger partial charge in [-0.3, -0.25) is 9.59 Å². The number of likely N-dealkylation sites (tertiary alicyclic amines) is 1. The van der Waals surface area contributed by atoms with E-state index in [-0.39, 0.29) is 18.4 Å². The maximum atomic E-state index is 11.9. The van der Waals surface area contributed by atoms with Crippen LogP contribution in [0.4, 0.5) is 0 Å². The number of hydrogen-bond acceptors (Lipinski definition) is 3. The lowest BCUT2D eigenvalue weighted by Gasteiger charge is -2.20. The molecule has 0 aromatic heterocycles. The van der Waals surface area contributed by atoms with Crippen LogP contribution >= 0.6 is 11.6 Å². The standard InChI is InChI=1S/C18H25ClN2O3/c1-14-12-15(19)7-8-16(14)24-13-17(22)20-9-5-11-21-10-4-2-3-6-18(21)23/h7-8,12H,2-6,9-11,13H2,1H3,(H,20,22). The van der Waals surface area contributed by atoms with E-state index in [0.29, 0.717) is 30.3 Å². The first kappa shape index (κ1) is 18.6. The minimum absolute atomic E-state index is 0.0227. The molecule has 0 radical (unpaired) electrons. The van der Waals surface area contributed by atoms with Gasteiger partial charge in [-0.25, -0.2) is 0 Å². The summed E-state index contributed by atoms with van der Waals surface area (Å²) in [6.45, 7) is 3.95. The Kier molecular flexibility index (Phi) is 7.37. The molecule has 1 aliphatic rings. The highest BCUT2D eigenvalue weighted by atomic mass is 35.5. The Morgan fingerprint density at radius 2 is 2.17 bits per heavy atom. The van der Waals surface area contributed by atoms with Crippen molar-refractivity contribution in [2.75, 3.05) is 26.2 Å². The largest absolute Gasteiger partial charge is 0.484 e. The second kappa shape index (κ2) is 9.52. The molecular formula is C18H25ClN2O3. The Morgan fingerprint density at radius 3 is 2.96 bits per heavy atom. The molecule has 0 saturated carbocycles. The number of rotatable bonds is 7. The van der Waals surface area contributed by atoms with E-state index in [4.69, 9.17) is 16.3 Å². The van der Waals surface area contributed by atoms with Gasteiger partial charge in [0.05, 0.1) is 0 Å². The number of amides is 2. The summed E-state index contributed by atoms with van der Waals surface area (Å²) >= 11 is 5.89. The van der Waals surface area contributed by atoms with Crippen molar-refractivity contribution in [1.82, 2.24) is 10.2 Å². The normalized spacial score (nSPS) is 15.1. The van der Waals surface area contributed by atoms with E-state index in [1.54, 1.807) is 18.2 Å². The monoisotopic (exact) mass is 352 g/mol. The molecule has 0 spiro atoms. The summed E-state index contributed by atoms with van der Waals surface area (Å²) in [6, 6.07) is 5.29. The van der Waals surface area contributed by atoms with E-state index in [0.717, 1.165) is 37.8 Å². The van der Waals surface area contributed by atoms with Crippen molar-refractivity contribution in [3.8, 4) is 5.75 Å². The fourth-order valence-corrected chi connectivity index (χ4v) is 2.97. The molecule has 0 aliphatic carbocycles. The van der Waals surface area contributed by atoms with Crippen molar-refractivity contribution >= 4 is 23.4 Å². The van der Waals surface area contributed by atoms with Gasteiger partial charge in [0.2, 0.25) is 5.91 Å². The van der Waals surface area contributed by atoms with Gasteiger partial charge in [0, 0.05) is 31.1 Å². The van der Waals surface area contributed by atoms with Gasteiger partial charge >= 0.3 is 0 Å². The molecule has 1 aromatic rings. The van der Waals surface area contributed by atoms with Crippen LogP contribution in [0.3, 0.4) is 0 Å². The average Bonchev–Trinajstić information content (AvgIpc) is 2.75. The quantitative estimate of drug-likeness (QED) is 0.767. The number of benzene rings is 1. The molecule has 1 N–H and O–H groups in total. The van der Waals surface area contributed by atoms with Crippen LogP contribution in [-0.4, -0.2) is 43.0 Å². The molecule has 0 atom stereocenters. The summed E-state index contributed by atoms with van der Waals surface area (Å²) < 4.78 is 5.50. The van der Waals surface area contributed by atoms with Crippen LogP contribution in [0, 0.1) is 6.92 Å². The van der Waals surface area contributed by atoms with E-state index in [1.165, 1.54) is 0 Å².